The fourth-order valence-corrected chi connectivity index (χ4v) is 9.66. The van der Waals surface area contributed by atoms with Crippen LogP contribution in [0, 0.1) is 13.8 Å². The molecule has 0 saturated heterocycles. The number of aryl methyl sites for hydroxylation is 1. The highest BCUT2D eigenvalue weighted by Gasteiger charge is 2.53. The highest BCUT2D eigenvalue weighted by atomic mass is 15.1. The van der Waals surface area contributed by atoms with Crippen molar-refractivity contribution < 1.29 is 0 Å². The molecule has 1 spiro atoms. The van der Waals surface area contributed by atoms with Crippen LogP contribution in [0.3, 0.4) is 0 Å². The van der Waals surface area contributed by atoms with Gasteiger partial charge in [-0.3, -0.25) is 0 Å². The topological polar surface area (TPSA) is 3.24 Å². The summed E-state index contributed by atoms with van der Waals surface area (Å²) < 4.78 is 0. The predicted molar refractivity (Wildman–Crippen MR) is 245 cm³/mol. The summed E-state index contributed by atoms with van der Waals surface area (Å²) in [6.45, 7) is 12.4. The van der Waals surface area contributed by atoms with E-state index in [0.29, 0.717) is 0 Å². The van der Waals surface area contributed by atoms with E-state index in [1.54, 1.807) is 6.08 Å². The zero-order valence-corrected chi connectivity index (χ0v) is 33.3. The summed E-state index contributed by atoms with van der Waals surface area (Å²) in [7, 11) is 0. The molecule has 0 radical (unpaired) electrons. The van der Waals surface area contributed by atoms with E-state index in [1.807, 2.05) is 26.0 Å². The molecule has 0 fully saturated rings. The molecule has 276 valence electrons. The van der Waals surface area contributed by atoms with E-state index < -0.39 is 0 Å². The third-order valence-corrected chi connectivity index (χ3v) is 12.1. The molecule has 0 N–H and O–H groups in total. The Labute approximate surface area is 338 Å². The Morgan fingerprint density at radius 2 is 1.32 bits per heavy atom. The molecule has 1 atom stereocenters. The highest BCUT2D eigenvalue weighted by Crippen LogP contribution is 2.65. The van der Waals surface area contributed by atoms with Crippen molar-refractivity contribution in [2.75, 3.05) is 4.90 Å². The molecule has 0 bridgehead atoms. The van der Waals surface area contributed by atoms with Gasteiger partial charge in [0.15, 0.2) is 0 Å². The molecule has 0 heterocycles. The molecule has 1 heteroatoms. The number of anilines is 2. The summed E-state index contributed by atoms with van der Waals surface area (Å²) in [5, 5.41) is 2.43. The molecule has 7 aromatic carbocycles. The van der Waals surface area contributed by atoms with Gasteiger partial charge in [-0.25, -0.2) is 0 Å². The van der Waals surface area contributed by atoms with Crippen LogP contribution < -0.4 is 4.90 Å². The van der Waals surface area contributed by atoms with Gasteiger partial charge < -0.3 is 4.90 Å². The second-order valence-corrected chi connectivity index (χ2v) is 14.9. The number of hydrogen-bond acceptors (Lipinski definition) is 1. The summed E-state index contributed by atoms with van der Waals surface area (Å²) in [4.78, 5) is 2.28. The van der Waals surface area contributed by atoms with Gasteiger partial charge >= 0.3 is 0 Å². The monoisotopic (exact) mass is 733 g/mol. The molecular formula is C56H47N. The Hall–Kier alpha value is -6.70. The van der Waals surface area contributed by atoms with E-state index in [4.69, 9.17) is 0 Å². The van der Waals surface area contributed by atoms with E-state index in [2.05, 4.69) is 195 Å². The third kappa shape index (κ3) is 5.60. The van der Waals surface area contributed by atoms with Gasteiger partial charge in [0.2, 0.25) is 0 Å². The van der Waals surface area contributed by atoms with Crippen LogP contribution in [0.25, 0.3) is 49.7 Å². The van der Waals surface area contributed by atoms with Crippen LogP contribution in [0.1, 0.15) is 53.6 Å². The van der Waals surface area contributed by atoms with Crippen molar-refractivity contribution in [2.45, 2.75) is 39.5 Å². The van der Waals surface area contributed by atoms with E-state index in [9.17, 15) is 0 Å². The molecule has 1 unspecified atom stereocenters. The molecule has 0 amide bonds. The smallest absolute Gasteiger partial charge is 0.0722 e. The van der Waals surface area contributed by atoms with Crippen molar-refractivity contribution in [3.8, 4) is 33.4 Å². The average molecular weight is 734 g/mol. The van der Waals surface area contributed by atoms with Crippen molar-refractivity contribution in [3.05, 3.63) is 234 Å². The second-order valence-electron chi connectivity index (χ2n) is 14.9. The quantitative estimate of drug-likeness (QED) is 0.147. The van der Waals surface area contributed by atoms with Crippen molar-refractivity contribution in [2.24, 2.45) is 0 Å². The molecule has 7 aromatic rings. The number of nitrogens with zero attached hydrogens (tertiary/aromatic N) is 1. The van der Waals surface area contributed by atoms with Gasteiger partial charge in [0.1, 0.15) is 0 Å². The summed E-state index contributed by atoms with van der Waals surface area (Å²) in [6.07, 6.45) is 15.7. The van der Waals surface area contributed by atoms with E-state index in [0.717, 1.165) is 17.8 Å². The van der Waals surface area contributed by atoms with Crippen LogP contribution in [-0.2, 0) is 5.41 Å². The first-order valence-corrected chi connectivity index (χ1v) is 20.3. The Morgan fingerprint density at radius 3 is 2.14 bits per heavy atom. The number of allylic oxidation sites excluding steroid dienone is 8. The van der Waals surface area contributed by atoms with E-state index >= 15 is 0 Å². The van der Waals surface area contributed by atoms with Gasteiger partial charge in [-0.1, -0.05) is 172 Å². The van der Waals surface area contributed by atoms with Crippen molar-refractivity contribution in [1.29, 1.82) is 0 Å². The SMILES string of the molecule is C=C/C=C\C=C/N(c1ccc(-c2ccc3c(c2)C2(C4=C(CC=C4)c4ccccc42)c2ccc(-c4ccccc4C)c(C)c2-3)cc1)c1cccc2ccccc12.CC. The lowest BCUT2D eigenvalue weighted by molar-refractivity contribution is 0.787. The maximum Gasteiger partial charge on any atom is 0.0722 e. The Balaban J connectivity index is 0.00000208. The van der Waals surface area contributed by atoms with E-state index in [1.165, 1.54) is 88.7 Å². The maximum absolute atomic E-state index is 3.84. The lowest BCUT2D eigenvalue weighted by Gasteiger charge is -2.32. The second kappa shape index (κ2) is 14.8. The Bertz CT molecular complexity index is 2820. The van der Waals surface area contributed by atoms with Gasteiger partial charge in [0, 0.05) is 17.3 Å². The highest BCUT2D eigenvalue weighted by molar-refractivity contribution is 6.00. The van der Waals surface area contributed by atoms with E-state index in [-0.39, 0.29) is 5.41 Å². The fraction of sp³-hybridized carbons (Fsp3) is 0.107. The predicted octanol–water partition coefficient (Wildman–Crippen LogP) is 15.3. The summed E-state index contributed by atoms with van der Waals surface area (Å²) in [5.74, 6) is 0. The molecular weight excluding hydrogens is 687 g/mol. The van der Waals surface area contributed by atoms with Gasteiger partial charge in [0.25, 0.3) is 0 Å². The summed E-state index contributed by atoms with van der Waals surface area (Å²) >= 11 is 0. The molecule has 0 saturated carbocycles. The fourth-order valence-electron chi connectivity index (χ4n) is 9.66. The number of hydrogen-bond donors (Lipinski definition) is 0. The van der Waals surface area contributed by atoms with Gasteiger partial charge in [-0.15, -0.1) is 0 Å². The van der Waals surface area contributed by atoms with Gasteiger partial charge in [-0.2, -0.15) is 0 Å². The van der Waals surface area contributed by atoms with Crippen LogP contribution in [0.2, 0.25) is 0 Å². The van der Waals surface area contributed by atoms with Crippen LogP contribution in [0.15, 0.2) is 200 Å². The van der Waals surface area contributed by atoms with Crippen LogP contribution in [-0.4, -0.2) is 0 Å². The van der Waals surface area contributed by atoms with Crippen molar-refractivity contribution >= 4 is 27.7 Å². The normalized spacial score (nSPS) is 15.9. The zero-order chi connectivity index (χ0) is 39.1. The lowest BCUT2D eigenvalue weighted by atomic mass is 9.69. The Morgan fingerprint density at radius 1 is 0.596 bits per heavy atom. The third-order valence-electron chi connectivity index (χ3n) is 12.1. The van der Waals surface area contributed by atoms with Gasteiger partial charge in [0.05, 0.1) is 11.1 Å². The minimum Gasteiger partial charge on any atom is -0.317 e. The number of fused-ring (bicyclic) bond motifs is 10. The Kier molecular flexibility index (Phi) is 9.31. The zero-order valence-electron chi connectivity index (χ0n) is 33.3. The van der Waals surface area contributed by atoms with Gasteiger partial charge in [-0.05, 0) is 134 Å². The number of rotatable bonds is 7. The first-order chi connectivity index (χ1) is 28.1. The molecule has 3 aliphatic carbocycles. The first-order valence-electron chi connectivity index (χ1n) is 20.3. The van der Waals surface area contributed by atoms with Crippen molar-refractivity contribution in [1.82, 2.24) is 0 Å². The van der Waals surface area contributed by atoms with Crippen LogP contribution >= 0.6 is 0 Å². The molecule has 57 heavy (non-hydrogen) atoms. The standard InChI is InChI=1S/C54H41N.C2H6/c1-4-5-6-13-34-55(52-25-14-18-39-17-8-10-20-44(39)52)41-29-26-38(27-30-41)40-28-31-47-51(35-40)54(48-23-12-11-21-45(48)46-22-15-24-49(46)54)50-33-32-43(37(3)53(47)50)42-19-9-7-16-36(42)2;1-2/h4-21,23-35H,1,22H2,2-3H3;1-2H3/b6-5-,34-13-;. The minimum atomic E-state index is -0.358. The summed E-state index contributed by atoms with van der Waals surface area (Å²) in [6, 6.07) is 54.1. The molecule has 0 aliphatic heterocycles. The molecule has 3 aliphatic rings. The molecule has 0 aromatic heterocycles. The maximum atomic E-state index is 3.84. The molecule has 1 nitrogen and oxygen atoms in total. The summed E-state index contributed by atoms with van der Waals surface area (Å²) in [5.41, 5.74) is 20.8. The minimum absolute atomic E-state index is 0.358. The lowest BCUT2D eigenvalue weighted by Crippen LogP contribution is -2.26. The van der Waals surface area contributed by atoms with Crippen LogP contribution in [0.5, 0.6) is 0 Å². The largest absolute Gasteiger partial charge is 0.317 e. The first kappa shape index (κ1) is 36.0. The number of benzene rings is 7. The molecule has 10 rings (SSSR count). The van der Waals surface area contributed by atoms with Crippen molar-refractivity contribution in [3.63, 3.8) is 0 Å². The average Bonchev–Trinajstić information content (AvgIpc) is 3.94. The van der Waals surface area contributed by atoms with Crippen LogP contribution in [0.4, 0.5) is 11.4 Å².